The smallest absolute Gasteiger partial charge is 0.231 e. The van der Waals surface area contributed by atoms with Crippen molar-refractivity contribution >= 4 is 23.2 Å². The molecule has 27 heavy (non-hydrogen) atoms. The predicted molar refractivity (Wildman–Crippen MR) is 108 cm³/mol. The third-order valence-electron chi connectivity index (χ3n) is 6.11. The van der Waals surface area contributed by atoms with Crippen molar-refractivity contribution in [2.24, 2.45) is 0 Å². The third-order valence-corrected chi connectivity index (χ3v) is 7.16. The first-order valence-electron chi connectivity index (χ1n) is 9.75. The molecule has 0 saturated carbocycles. The molecule has 1 aromatic heterocycles. The molecule has 3 aliphatic heterocycles. The second-order valence-electron chi connectivity index (χ2n) is 7.74. The molecule has 0 radical (unpaired) electrons. The second kappa shape index (κ2) is 7.47. The average molecular weight is 383 g/mol. The van der Waals surface area contributed by atoms with Gasteiger partial charge in [0.2, 0.25) is 11.8 Å². The van der Waals surface area contributed by atoms with Crippen LogP contribution in [0.5, 0.6) is 0 Å². The molecular weight excluding hydrogens is 356 g/mol. The Balaban J connectivity index is 1.46. The molecule has 2 amide bonds. The molecule has 2 bridgehead atoms. The second-order valence-corrected chi connectivity index (χ2v) is 8.71. The van der Waals surface area contributed by atoms with Crippen molar-refractivity contribution < 1.29 is 9.59 Å². The third kappa shape index (κ3) is 3.41. The van der Waals surface area contributed by atoms with Gasteiger partial charge in [0.15, 0.2) is 0 Å². The van der Waals surface area contributed by atoms with Gasteiger partial charge in [-0.2, -0.15) is 0 Å². The van der Waals surface area contributed by atoms with Crippen LogP contribution in [0.25, 0.3) is 0 Å². The Bertz CT molecular complexity index is 805. The van der Waals surface area contributed by atoms with Gasteiger partial charge in [0.1, 0.15) is 0 Å². The van der Waals surface area contributed by atoms with Crippen LogP contribution in [-0.4, -0.2) is 46.8 Å². The van der Waals surface area contributed by atoms with E-state index in [1.807, 2.05) is 71.5 Å². The highest BCUT2D eigenvalue weighted by Crippen LogP contribution is 2.34. The van der Waals surface area contributed by atoms with Gasteiger partial charge in [-0.05, 0) is 43.7 Å². The Labute approximate surface area is 164 Å². The lowest BCUT2D eigenvalue weighted by Gasteiger charge is -2.52. The van der Waals surface area contributed by atoms with Crippen molar-refractivity contribution in [1.82, 2.24) is 9.80 Å². The van der Waals surface area contributed by atoms with Gasteiger partial charge in [-0.25, -0.2) is 0 Å². The highest BCUT2D eigenvalue weighted by atomic mass is 32.1. The molecule has 2 aromatic rings. The minimum Gasteiger partial charge on any atom is -0.335 e. The quantitative estimate of drug-likeness (QED) is 0.806. The first-order valence-corrected chi connectivity index (χ1v) is 10.6. The van der Waals surface area contributed by atoms with E-state index in [1.54, 1.807) is 11.3 Å². The minimum atomic E-state index is -0.139. The average Bonchev–Trinajstić information content (AvgIpc) is 3.27. The van der Waals surface area contributed by atoms with Gasteiger partial charge in [-0.1, -0.05) is 36.4 Å². The van der Waals surface area contributed by atoms with Gasteiger partial charge < -0.3 is 9.80 Å². The maximum atomic E-state index is 13.1. The number of benzene rings is 1. The fraction of sp³-hybridized carbons (Fsp3) is 0.455. The van der Waals surface area contributed by atoms with Crippen LogP contribution in [0.15, 0.2) is 47.8 Å². The Hall–Kier alpha value is -2.14. The van der Waals surface area contributed by atoms with Crippen LogP contribution in [0, 0.1) is 0 Å². The summed E-state index contributed by atoms with van der Waals surface area (Å²) in [5.41, 5.74) is 1.06. The molecule has 4 unspecified atom stereocenters. The number of nitrogens with zero attached hydrogens (tertiary/aromatic N) is 2. The lowest BCUT2D eigenvalue weighted by Crippen LogP contribution is -2.65. The number of hydrogen-bond acceptors (Lipinski definition) is 3. The van der Waals surface area contributed by atoms with E-state index in [0.717, 1.165) is 23.3 Å². The van der Waals surface area contributed by atoms with Crippen LogP contribution in [0.1, 0.15) is 49.0 Å². The zero-order valence-electron chi connectivity index (χ0n) is 15.9. The summed E-state index contributed by atoms with van der Waals surface area (Å²) in [6.45, 7) is 5.33. The van der Waals surface area contributed by atoms with Gasteiger partial charge in [-0.3, -0.25) is 9.59 Å². The first-order chi connectivity index (χ1) is 13.1. The van der Waals surface area contributed by atoms with Gasteiger partial charge in [0.05, 0.1) is 11.8 Å². The van der Waals surface area contributed by atoms with Crippen LogP contribution in [0.3, 0.4) is 0 Å². The summed E-state index contributed by atoms with van der Waals surface area (Å²) < 4.78 is 0. The lowest BCUT2D eigenvalue weighted by molar-refractivity contribution is -0.153. The lowest BCUT2D eigenvalue weighted by atomic mass is 9.87. The molecule has 3 fully saturated rings. The van der Waals surface area contributed by atoms with Crippen LogP contribution in [0.4, 0.5) is 0 Å². The van der Waals surface area contributed by atoms with Crippen molar-refractivity contribution in [2.75, 3.05) is 13.1 Å². The maximum absolute atomic E-state index is 13.1. The number of carbonyl (C=O) groups is 2. The predicted octanol–water partition coefficient (Wildman–Crippen LogP) is 3.86. The standard InChI is InChI=1S/C22H26N2O2S/c1-15(17-7-4-3-5-8-17)21(25)23-13-19-11-10-18(23)14-24(19)22(26)16(2)20-9-6-12-27-20/h3-9,12,15-16,18-19H,10-11,13-14H2,1-2H3. The van der Waals surface area contributed by atoms with E-state index in [1.165, 1.54) is 0 Å². The molecule has 142 valence electrons. The van der Waals surface area contributed by atoms with E-state index in [2.05, 4.69) is 0 Å². The molecule has 0 N–H and O–H groups in total. The van der Waals surface area contributed by atoms with Crippen molar-refractivity contribution in [2.45, 2.75) is 50.6 Å². The van der Waals surface area contributed by atoms with E-state index < -0.39 is 0 Å². The summed E-state index contributed by atoms with van der Waals surface area (Å²) in [7, 11) is 0. The zero-order chi connectivity index (χ0) is 19.0. The van der Waals surface area contributed by atoms with Crippen LogP contribution < -0.4 is 0 Å². The SMILES string of the molecule is CC(C(=O)N1CC2CCC1CN2C(=O)C(C)c1cccs1)c1ccccc1. The molecule has 3 aliphatic rings. The van der Waals surface area contributed by atoms with Crippen molar-refractivity contribution in [3.05, 3.63) is 58.3 Å². The van der Waals surface area contributed by atoms with E-state index >= 15 is 0 Å². The van der Waals surface area contributed by atoms with Crippen molar-refractivity contribution in [3.63, 3.8) is 0 Å². The Morgan fingerprint density at radius 2 is 1.48 bits per heavy atom. The van der Waals surface area contributed by atoms with Crippen LogP contribution >= 0.6 is 11.3 Å². The summed E-state index contributed by atoms with van der Waals surface area (Å²) in [5.74, 6) is 0.154. The summed E-state index contributed by atoms with van der Waals surface area (Å²) >= 11 is 1.64. The van der Waals surface area contributed by atoms with Gasteiger partial charge in [-0.15, -0.1) is 11.3 Å². The monoisotopic (exact) mass is 382 g/mol. The number of carbonyl (C=O) groups excluding carboxylic acids is 2. The first kappa shape index (κ1) is 18.2. The summed E-state index contributed by atoms with van der Waals surface area (Å²) in [6, 6.07) is 14.3. The molecule has 1 aromatic carbocycles. The van der Waals surface area contributed by atoms with E-state index in [4.69, 9.17) is 0 Å². The maximum Gasteiger partial charge on any atom is 0.231 e. The molecule has 4 heterocycles. The number of hydrogen-bond donors (Lipinski definition) is 0. The molecule has 3 saturated heterocycles. The molecule has 5 heteroatoms. The Morgan fingerprint density at radius 3 is 2.00 bits per heavy atom. The highest BCUT2D eigenvalue weighted by molar-refractivity contribution is 7.10. The van der Waals surface area contributed by atoms with Crippen LogP contribution in [0.2, 0.25) is 0 Å². The molecule has 4 nitrogen and oxygen atoms in total. The minimum absolute atomic E-state index is 0.100. The fourth-order valence-electron chi connectivity index (χ4n) is 4.41. The molecule has 0 aliphatic carbocycles. The number of fused-ring (bicyclic) bond motifs is 3. The highest BCUT2D eigenvalue weighted by Gasteiger charge is 2.44. The van der Waals surface area contributed by atoms with Gasteiger partial charge in [0.25, 0.3) is 0 Å². The molecule has 0 spiro atoms. The summed E-state index contributed by atoms with van der Waals surface area (Å²) in [4.78, 5) is 31.3. The van der Waals surface area contributed by atoms with Crippen LogP contribution in [-0.2, 0) is 9.59 Å². The molecule has 5 rings (SSSR count). The molecular formula is C22H26N2O2S. The topological polar surface area (TPSA) is 40.6 Å². The van der Waals surface area contributed by atoms with Gasteiger partial charge >= 0.3 is 0 Å². The normalized spacial score (nSPS) is 23.9. The molecule has 4 atom stereocenters. The number of piperazine rings is 1. The fourth-order valence-corrected chi connectivity index (χ4v) is 5.19. The summed E-state index contributed by atoms with van der Waals surface area (Å²) in [5, 5.41) is 2.02. The number of piperidine rings is 2. The Kier molecular flexibility index (Phi) is 5.04. The van der Waals surface area contributed by atoms with E-state index in [-0.39, 0.29) is 35.7 Å². The van der Waals surface area contributed by atoms with Crippen molar-refractivity contribution in [3.8, 4) is 0 Å². The number of amides is 2. The zero-order valence-corrected chi connectivity index (χ0v) is 16.7. The van der Waals surface area contributed by atoms with E-state index in [9.17, 15) is 9.59 Å². The Morgan fingerprint density at radius 1 is 0.889 bits per heavy atom. The van der Waals surface area contributed by atoms with E-state index in [0.29, 0.717) is 13.1 Å². The van der Waals surface area contributed by atoms with Gasteiger partial charge in [0, 0.05) is 30.1 Å². The largest absolute Gasteiger partial charge is 0.335 e. The number of thiophene rings is 1. The number of rotatable bonds is 4. The van der Waals surface area contributed by atoms with Crippen molar-refractivity contribution in [1.29, 1.82) is 0 Å². The summed E-state index contributed by atoms with van der Waals surface area (Å²) in [6.07, 6.45) is 1.99.